The first-order valence-electron chi connectivity index (χ1n) is 19.1. The van der Waals surface area contributed by atoms with Gasteiger partial charge in [-0.25, -0.2) is 0 Å². The van der Waals surface area contributed by atoms with E-state index in [1.807, 2.05) is 48.5 Å². The van der Waals surface area contributed by atoms with Gasteiger partial charge in [0.15, 0.2) is 0 Å². The zero-order chi connectivity index (χ0) is 37.2. The molecule has 0 saturated carbocycles. The Hall–Kier alpha value is -6.12. The molecule has 0 amide bonds. The van der Waals surface area contributed by atoms with Crippen LogP contribution in [0.15, 0.2) is 164 Å². The van der Waals surface area contributed by atoms with Crippen molar-refractivity contribution in [3.8, 4) is 50.6 Å². The smallest absolute Gasteiger partial charge is 0.135 e. The maximum atomic E-state index is 9.31. The van der Waals surface area contributed by atoms with Crippen molar-refractivity contribution < 1.29 is 15.7 Å². The minimum Gasteiger partial charge on any atom is -0.456 e. The molecule has 8 aromatic carbocycles. The van der Waals surface area contributed by atoms with Crippen molar-refractivity contribution in [3.05, 3.63) is 164 Å². The third kappa shape index (κ3) is 3.65. The van der Waals surface area contributed by atoms with E-state index in [9.17, 15) is 5.48 Å². The van der Waals surface area contributed by atoms with Crippen LogP contribution >= 0.6 is 0 Å². The molecule has 1 aliphatic heterocycles. The zero-order valence-electron chi connectivity index (χ0n) is 32.3. The first kappa shape index (κ1) is 18.6. The molecule has 0 unspecified atom stereocenters. The molecule has 0 saturated heterocycles. The first-order valence-corrected chi connectivity index (χ1v) is 15.1. The van der Waals surface area contributed by atoms with E-state index in [0.717, 1.165) is 38.3 Å². The Balaban J connectivity index is 1.19. The van der Waals surface area contributed by atoms with E-state index < -0.39 is 0 Å². The summed E-state index contributed by atoms with van der Waals surface area (Å²) in [6, 6.07) is 35.1. The molecule has 2 heterocycles. The van der Waals surface area contributed by atoms with E-state index in [1.54, 1.807) is 30.3 Å². The van der Waals surface area contributed by atoms with Crippen LogP contribution in [0, 0.1) is 0 Å². The summed E-state index contributed by atoms with van der Waals surface area (Å²) in [7, 11) is 0. The van der Waals surface area contributed by atoms with Crippen LogP contribution in [0.5, 0.6) is 11.5 Å². The molecule has 9 aromatic rings. The quantitative estimate of drug-likeness (QED) is 0.199. The van der Waals surface area contributed by atoms with Crippen LogP contribution in [0.25, 0.3) is 82.4 Å². The Morgan fingerprint density at radius 3 is 2.20 bits per heavy atom. The molecule has 1 aromatic heterocycles. The second-order valence-electron chi connectivity index (χ2n) is 11.5. The van der Waals surface area contributed by atoms with Gasteiger partial charge in [0.25, 0.3) is 0 Å². The van der Waals surface area contributed by atoms with Crippen molar-refractivity contribution >= 4 is 43.4 Å². The molecule has 0 aliphatic carbocycles. The fourth-order valence-electron chi connectivity index (χ4n) is 6.94. The number of fused-ring (bicyclic) bond motifs is 7. The third-order valence-electron chi connectivity index (χ3n) is 8.99. The summed E-state index contributed by atoms with van der Waals surface area (Å²) in [5, 5.41) is 5.30. The molecule has 46 heavy (non-hydrogen) atoms. The molecule has 2 nitrogen and oxygen atoms in total. The summed E-state index contributed by atoms with van der Waals surface area (Å²) in [6.45, 7) is 0. The second kappa shape index (κ2) is 9.69. The summed E-state index contributed by atoms with van der Waals surface area (Å²) in [4.78, 5) is 0. The molecule has 10 rings (SSSR count). The SMILES string of the molecule is [2H]c1c([2H])c([2H])c2c(c1[2H])Oc1ccc(-c3c([2H])c([2H])c(-c4ccc5c(c4)c4ccc6ccccc6c4n5-c4ccccc4)c([2H])c3[2H])c3cccc-2c13. The number of hydrogen-bond acceptors (Lipinski definition) is 1. The molecule has 0 fully saturated rings. The molecule has 214 valence electrons. The highest BCUT2D eigenvalue weighted by Gasteiger charge is 2.21. The van der Waals surface area contributed by atoms with Crippen LogP contribution in [0.1, 0.15) is 11.0 Å². The molecule has 0 radical (unpaired) electrons. The molecule has 0 bridgehead atoms. The standard InChI is InChI=1S/C44H27NO/c1-2-10-32(11-3-1)45-40-25-22-31(27-39(40)38-23-21-29-9-4-5-12-34(29)44(38)45)28-17-19-30(20-18-28)33-24-26-42-43-36(33)14-8-15-37(43)35-13-6-7-16-41(35)46-42/h1-27H/i6D,7D,13D,16D,17D,18D,19D,20D. The lowest BCUT2D eigenvalue weighted by molar-refractivity contribution is 0.487. The highest BCUT2D eigenvalue weighted by Crippen LogP contribution is 2.48. The fraction of sp³-hybridized carbons (Fsp3) is 0. The minimum absolute atomic E-state index is 0.0411. The largest absolute Gasteiger partial charge is 0.456 e. The van der Waals surface area contributed by atoms with Crippen molar-refractivity contribution in [2.24, 2.45) is 0 Å². The number of rotatable bonds is 3. The molecular formula is C44H27NO. The minimum atomic E-state index is -0.385. The number of benzene rings is 8. The zero-order valence-corrected chi connectivity index (χ0v) is 24.3. The van der Waals surface area contributed by atoms with Crippen molar-refractivity contribution in [2.75, 3.05) is 0 Å². The van der Waals surface area contributed by atoms with Gasteiger partial charge in [0.05, 0.1) is 22.0 Å². The Morgan fingerprint density at radius 2 is 1.28 bits per heavy atom. The average Bonchev–Trinajstić information content (AvgIpc) is 3.54. The third-order valence-corrected chi connectivity index (χ3v) is 8.99. The fourth-order valence-corrected chi connectivity index (χ4v) is 6.94. The lowest BCUT2D eigenvalue weighted by Gasteiger charge is -2.22. The van der Waals surface area contributed by atoms with E-state index in [4.69, 9.17) is 10.2 Å². The van der Waals surface area contributed by atoms with Crippen LogP contribution in [-0.4, -0.2) is 4.57 Å². The van der Waals surface area contributed by atoms with Gasteiger partial charge in [0.1, 0.15) is 11.5 Å². The van der Waals surface area contributed by atoms with Crippen LogP contribution in [-0.2, 0) is 0 Å². The van der Waals surface area contributed by atoms with Crippen molar-refractivity contribution in [2.45, 2.75) is 0 Å². The highest BCUT2D eigenvalue weighted by atomic mass is 16.5. The topological polar surface area (TPSA) is 14.2 Å². The predicted octanol–water partition coefficient (Wildman–Crippen LogP) is 12.2. The molecule has 2 heteroatoms. The van der Waals surface area contributed by atoms with Gasteiger partial charge in [-0.05, 0) is 75.0 Å². The van der Waals surface area contributed by atoms with Gasteiger partial charge in [-0.2, -0.15) is 0 Å². The number of aromatic nitrogens is 1. The molecule has 0 atom stereocenters. The van der Waals surface area contributed by atoms with Gasteiger partial charge in [0, 0.05) is 32.8 Å². The van der Waals surface area contributed by atoms with E-state index in [2.05, 4.69) is 41.0 Å². The number of para-hydroxylation sites is 2. The Labute approximate surface area is 277 Å². The van der Waals surface area contributed by atoms with E-state index in [1.165, 1.54) is 0 Å². The van der Waals surface area contributed by atoms with Crippen LogP contribution < -0.4 is 4.74 Å². The van der Waals surface area contributed by atoms with Crippen LogP contribution in [0.3, 0.4) is 0 Å². The number of nitrogens with zero attached hydrogens (tertiary/aromatic N) is 1. The summed E-state index contributed by atoms with van der Waals surface area (Å²) in [6.07, 6.45) is 0. The molecule has 0 N–H and O–H groups in total. The van der Waals surface area contributed by atoms with Gasteiger partial charge in [-0.1, -0.05) is 127 Å². The van der Waals surface area contributed by atoms with Crippen molar-refractivity contribution in [1.29, 1.82) is 0 Å². The Bertz CT molecular complexity index is 3090. The van der Waals surface area contributed by atoms with E-state index in [-0.39, 0.29) is 70.8 Å². The maximum absolute atomic E-state index is 9.31. The maximum Gasteiger partial charge on any atom is 0.135 e. The lowest BCUT2D eigenvalue weighted by atomic mass is 9.90. The monoisotopic (exact) mass is 593 g/mol. The van der Waals surface area contributed by atoms with Gasteiger partial charge in [-0.3, -0.25) is 0 Å². The van der Waals surface area contributed by atoms with E-state index >= 15 is 0 Å². The number of hydrogen-bond donors (Lipinski definition) is 0. The first-order chi connectivity index (χ1) is 26.2. The summed E-state index contributed by atoms with van der Waals surface area (Å²) in [5.41, 5.74) is 5.16. The summed E-state index contributed by atoms with van der Waals surface area (Å²) < 4.78 is 79.1. The summed E-state index contributed by atoms with van der Waals surface area (Å²) in [5.74, 6) is 0.420. The van der Waals surface area contributed by atoms with Crippen LogP contribution in [0.4, 0.5) is 0 Å². The van der Waals surface area contributed by atoms with E-state index in [0.29, 0.717) is 33.2 Å². The lowest BCUT2D eigenvalue weighted by Crippen LogP contribution is -1.97. The average molecular weight is 594 g/mol. The Morgan fingerprint density at radius 1 is 0.478 bits per heavy atom. The predicted molar refractivity (Wildman–Crippen MR) is 192 cm³/mol. The van der Waals surface area contributed by atoms with Gasteiger partial charge < -0.3 is 9.30 Å². The highest BCUT2D eigenvalue weighted by molar-refractivity contribution is 6.19. The van der Waals surface area contributed by atoms with Crippen molar-refractivity contribution in [3.63, 3.8) is 0 Å². The second-order valence-corrected chi connectivity index (χ2v) is 11.5. The number of ether oxygens (including phenoxy) is 1. The van der Waals surface area contributed by atoms with Gasteiger partial charge in [0.2, 0.25) is 0 Å². The van der Waals surface area contributed by atoms with Gasteiger partial charge in [-0.15, -0.1) is 0 Å². The Kier molecular flexibility index (Phi) is 3.92. The van der Waals surface area contributed by atoms with Crippen molar-refractivity contribution in [1.82, 2.24) is 4.57 Å². The molecular weight excluding hydrogens is 558 g/mol. The normalized spacial score (nSPS) is 14.5. The van der Waals surface area contributed by atoms with Crippen LogP contribution in [0.2, 0.25) is 0 Å². The van der Waals surface area contributed by atoms with Gasteiger partial charge >= 0.3 is 0 Å². The summed E-state index contributed by atoms with van der Waals surface area (Å²) >= 11 is 0. The molecule has 1 aliphatic rings. The molecule has 0 spiro atoms.